The Morgan fingerprint density at radius 3 is 2.19 bits per heavy atom. The molecule has 0 atom stereocenters. The first kappa shape index (κ1) is 21.9. The van der Waals surface area contributed by atoms with Gasteiger partial charge in [0.05, 0.1) is 23.5 Å². The van der Waals surface area contributed by atoms with E-state index < -0.39 is 27.8 Å². The Bertz CT molecular complexity index is 1300. The maximum absolute atomic E-state index is 13.5. The molecule has 1 aliphatic heterocycles. The predicted molar refractivity (Wildman–Crippen MR) is 115 cm³/mol. The lowest BCUT2D eigenvalue weighted by Crippen LogP contribution is -2.50. The smallest absolute Gasteiger partial charge is 0.287 e. The third-order valence-electron chi connectivity index (χ3n) is 5.11. The van der Waals surface area contributed by atoms with Crippen LogP contribution in [-0.4, -0.2) is 14.4 Å². The maximum atomic E-state index is 13.5. The van der Waals surface area contributed by atoms with Gasteiger partial charge in [-0.3, -0.25) is 4.90 Å². The Morgan fingerprint density at radius 1 is 0.875 bits per heavy atom. The molecule has 0 saturated carbocycles. The van der Waals surface area contributed by atoms with Crippen molar-refractivity contribution in [2.24, 2.45) is 0 Å². The highest BCUT2D eigenvalue weighted by molar-refractivity contribution is 7.94. The standard InChI is InChI=1S/C23H19F3N2O3S/c1-15-10-16(2)12-19(11-15)28-22(29)27(20-8-3-4-9-21(20)32(28,30)31)14-17-6-5-7-18(13-17)23(24,25)26/h3-13H,14H2,1-2H3. The highest BCUT2D eigenvalue weighted by Crippen LogP contribution is 2.39. The van der Waals surface area contributed by atoms with E-state index in [1.807, 2.05) is 6.07 Å². The molecule has 0 bridgehead atoms. The number of sulfonamides is 1. The number of rotatable bonds is 3. The van der Waals surface area contributed by atoms with Gasteiger partial charge in [-0.05, 0) is 66.9 Å². The van der Waals surface area contributed by atoms with Crippen molar-refractivity contribution >= 4 is 27.4 Å². The normalized spacial score (nSPS) is 15.6. The molecule has 3 aromatic carbocycles. The summed E-state index contributed by atoms with van der Waals surface area (Å²) in [6.07, 6.45) is -4.53. The molecule has 3 aromatic rings. The van der Waals surface area contributed by atoms with Gasteiger partial charge in [-0.15, -0.1) is 0 Å². The van der Waals surface area contributed by atoms with Crippen LogP contribution in [0.3, 0.4) is 0 Å². The number of halogens is 3. The number of alkyl halides is 3. The molecule has 0 fully saturated rings. The summed E-state index contributed by atoms with van der Waals surface area (Å²) in [7, 11) is -4.21. The van der Waals surface area contributed by atoms with E-state index in [1.165, 1.54) is 35.2 Å². The quantitative estimate of drug-likeness (QED) is 0.507. The summed E-state index contributed by atoms with van der Waals surface area (Å²) in [5, 5.41) is 0. The second kappa shape index (κ2) is 7.67. The predicted octanol–water partition coefficient (Wildman–Crippen LogP) is 5.66. The van der Waals surface area contributed by atoms with Crippen LogP contribution in [0.15, 0.2) is 71.6 Å². The topological polar surface area (TPSA) is 57.7 Å². The van der Waals surface area contributed by atoms with Crippen molar-refractivity contribution in [3.05, 3.63) is 89.0 Å². The van der Waals surface area contributed by atoms with Gasteiger partial charge < -0.3 is 0 Å². The van der Waals surface area contributed by atoms with E-state index >= 15 is 0 Å². The molecule has 0 aliphatic carbocycles. The molecule has 166 valence electrons. The average molecular weight is 460 g/mol. The number of amides is 2. The number of aryl methyl sites for hydroxylation is 2. The van der Waals surface area contributed by atoms with Gasteiger partial charge in [-0.1, -0.05) is 30.3 Å². The zero-order chi connectivity index (χ0) is 23.3. The largest absolute Gasteiger partial charge is 0.416 e. The van der Waals surface area contributed by atoms with E-state index in [4.69, 9.17) is 0 Å². The van der Waals surface area contributed by atoms with E-state index in [0.717, 1.165) is 23.3 Å². The number of carbonyl (C=O) groups excluding carboxylic acids is 1. The van der Waals surface area contributed by atoms with Gasteiger partial charge in [0.2, 0.25) is 0 Å². The fourth-order valence-corrected chi connectivity index (χ4v) is 5.39. The Morgan fingerprint density at radius 2 is 1.53 bits per heavy atom. The summed E-state index contributed by atoms with van der Waals surface area (Å²) < 4.78 is 66.9. The third-order valence-corrected chi connectivity index (χ3v) is 6.86. The minimum absolute atomic E-state index is 0.0919. The SMILES string of the molecule is Cc1cc(C)cc(N2C(=O)N(Cc3cccc(C(F)(F)F)c3)c3ccccc3S2(=O)=O)c1. The van der Waals surface area contributed by atoms with E-state index in [0.29, 0.717) is 4.31 Å². The van der Waals surface area contributed by atoms with Crippen LogP contribution in [0.2, 0.25) is 0 Å². The summed E-state index contributed by atoms with van der Waals surface area (Å²) in [5.74, 6) is 0. The minimum atomic E-state index is -4.53. The Balaban J connectivity index is 1.85. The molecule has 0 N–H and O–H groups in total. The molecule has 0 unspecified atom stereocenters. The first-order chi connectivity index (χ1) is 15.0. The molecule has 0 saturated heterocycles. The van der Waals surface area contributed by atoms with Gasteiger partial charge >= 0.3 is 12.2 Å². The molecule has 0 spiro atoms. The van der Waals surface area contributed by atoms with Crippen LogP contribution in [-0.2, 0) is 22.7 Å². The first-order valence-corrected chi connectivity index (χ1v) is 11.1. The van der Waals surface area contributed by atoms with Crippen LogP contribution < -0.4 is 9.21 Å². The molecule has 5 nitrogen and oxygen atoms in total. The number of hydrogen-bond donors (Lipinski definition) is 0. The number of nitrogens with zero attached hydrogens (tertiary/aromatic N) is 2. The summed E-state index contributed by atoms with van der Waals surface area (Å²) in [6, 6.07) is 14.8. The molecule has 1 aliphatic rings. The summed E-state index contributed by atoms with van der Waals surface area (Å²) in [6.45, 7) is 3.34. The van der Waals surface area contributed by atoms with Crippen LogP contribution in [0.4, 0.5) is 29.3 Å². The van der Waals surface area contributed by atoms with E-state index in [2.05, 4.69) is 0 Å². The number of hydrogen-bond acceptors (Lipinski definition) is 3. The van der Waals surface area contributed by atoms with Gasteiger partial charge in [-0.25, -0.2) is 13.2 Å². The molecule has 9 heteroatoms. The highest BCUT2D eigenvalue weighted by atomic mass is 32.2. The number of urea groups is 1. The maximum Gasteiger partial charge on any atom is 0.416 e. The zero-order valence-electron chi connectivity index (χ0n) is 17.2. The highest BCUT2D eigenvalue weighted by Gasteiger charge is 2.42. The van der Waals surface area contributed by atoms with E-state index in [9.17, 15) is 26.4 Å². The molecule has 0 aromatic heterocycles. The lowest BCUT2D eigenvalue weighted by molar-refractivity contribution is -0.137. The van der Waals surface area contributed by atoms with Crippen LogP contribution >= 0.6 is 0 Å². The van der Waals surface area contributed by atoms with Crippen LogP contribution in [0.1, 0.15) is 22.3 Å². The molecule has 2 amide bonds. The van der Waals surface area contributed by atoms with Gasteiger partial charge in [0.15, 0.2) is 0 Å². The second-order valence-corrected chi connectivity index (χ2v) is 9.41. The Hall–Kier alpha value is -3.33. The average Bonchev–Trinajstić information content (AvgIpc) is 2.70. The summed E-state index contributed by atoms with van der Waals surface area (Å²) in [4.78, 5) is 14.6. The number of fused-ring (bicyclic) bond motifs is 1. The molecule has 4 rings (SSSR count). The van der Waals surface area contributed by atoms with E-state index in [-0.39, 0.29) is 28.4 Å². The fraction of sp³-hybridized carbons (Fsp3) is 0.174. The molecule has 32 heavy (non-hydrogen) atoms. The summed E-state index contributed by atoms with van der Waals surface area (Å²) >= 11 is 0. The van der Waals surface area contributed by atoms with Crippen LogP contribution in [0.5, 0.6) is 0 Å². The molecular formula is C23H19F3N2O3S. The molecule has 0 radical (unpaired) electrons. The second-order valence-electron chi connectivity index (χ2n) is 7.65. The Labute approximate surface area is 183 Å². The fourth-order valence-electron chi connectivity index (χ4n) is 3.81. The third kappa shape index (κ3) is 3.84. The van der Waals surface area contributed by atoms with Crippen molar-refractivity contribution in [3.8, 4) is 0 Å². The van der Waals surface area contributed by atoms with Crippen molar-refractivity contribution in [2.75, 3.05) is 9.21 Å². The monoisotopic (exact) mass is 460 g/mol. The lowest BCUT2D eigenvalue weighted by Gasteiger charge is -2.36. The number of anilines is 2. The lowest BCUT2D eigenvalue weighted by atomic mass is 10.1. The zero-order valence-corrected chi connectivity index (χ0v) is 18.0. The van der Waals surface area contributed by atoms with Crippen molar-refractivity contribution in [3.63, 3.8) is 0 Å². The van der Waals surface area contributed by atoms with E-state index in [1.54, 1.807) is 32.0 Å². The van der Waals surface area contributed by atoms with Crippen LogP contribution in [0, 0.1) is 13.8 Å². The summed E-state index contributed by atoms with van der Waals surface area (Å²) in [5.41, 5.74) is 1.22. The number of benzene rings is 3. The Kier molecular flexibility index (Phi) is 5.24. The number of para-hydroxylation sites is 1. The van der Waals surface area contributed by atoms with Gasteiger partial charge in [-0.2, -0.15) is 17.5 Å². The number of carbonyl (C=O) groups is 1. The van der Waals surface area contributed by atoms with Gasteiger partial charge in [0.1, 0.15) is 4.90 Å². The molecular weight excluding hydrogens is 441 g/mol. The minimum Gasteiger partial charge on any atom is -0.287 e. The van der Waals surface area contributed by atoms with Crippen LogP contribution in [0.25, 0.3) is 0 Å². The van der Waals surface area contributed by atoms with Crippen molar-refractivity contribution in [1.29, 1.82) is 0 Å². The van der Waals surface area contributed by atoms with Crippen molar-refractivity contribution in [1.82, 2.24) is 0 Å². The van der Waals surface area contributed by atoms with Crippen molar-refractivity contribution < 1.29 is 26.4 Å². The van der Waals surface area contributed by atoms with Gasteiger partial charge in [0.25, 0.3) is 10.0 Å². The first-order valence-electron chi connectivity index (χ1n) is 9.69. The van der Waals surface area contributed by atoms with Gasteiger partial charge in [0, 0.05) is 0 Å². The molecule has 1 heterocycles. The van der Waals surface area contributed by atoms with Crippen molar-refractivity contribution in [2.45, 2.75) is 31.5 Å².